The molecule has 2 heterocycles. The summed E-state index contributed by atoms with van der Waals surface area (Å²) in [5.41, 5.74) is 2.17. The van der Waals surface area contributed by atoms with Crippen LogP contribution in [0.25, 0.3) is 0 Å². The van der Waals surface area contributed by atoms with Crippen LogP contribution in [0.2, 0.25) is 0 Å². The third-order valence-electron chi connectivity index (χ3n) is 3.64. The summed E-state index contributed by atoms with van der Waals surface area (Å²) in [6.07, 6.45) is 1.89. The smallest absolute Gasteiger partial charge is 0.153 e. The third kappa shape index (κ3) is 4.26. The highest BCUT2D eigenvalue weighted by Gasteiger charge is 2.28. The summed E-state index contributed by atoms with van der Waals surface area (Å²) < 4.78 is 23.1. The summed E-state index contributed by atoms with van der Waals surface area (Å²) in [5, 5.41) is 3.26. The molecule has 1 saturated heterocycles. The van der Waals surface area contributed by atoms with Gasteiger partial charge < -0.3 is 5.32 Å². The number of nitrogens with one attached hydrogen (secondary N) is 1. The zero-order valence-electron chi connectivity index (χ0n) is 12.2. The van der Waals surface area contributed by atoms with E-state index in [9.17, 15) is 8.42 Å². The van der Waals surface area contributed by atoms with Crippen molar-refractivity contribution in [2.75, 3.05) is 24.6 Å². The molecule has 1 unspecified atom stereocenters. The topological polar surface area (TPSA) is 62.3 Å². The van der Waals surface area contributed by atoms with E-state index in [1.807, 2.05) is 19.2 Å². The molecule has 0 spiro atoms. The van der Waals surface area contributed by atoms with Crippen molar-refractivity contribution in [2.24, 2.45) is 0 Å². The molecule has 0 amide bonds. The first-order chi connectivity index (χ1) is 9.50. The van der Waals surface area contributed by atoms with Crippen molar-refractivity contribution in [2.45, 2.75) is 33.0 Å². The van der Waals surface area contributed by atoms with Gasteiger partial charge in [-0.2, -0.15) is 0 Å². The van der Waals surface area contributed by atoms with E-state index in [0.29, 0.717) is 6.54 Å². The third-order valence-corrected chi connectivity index (χ3v) is 5.43. The van der Waals surface area contributed by atoms with E-state index in [-0.39, 0.29) is 17.5 Å². The van der Waals surface area contributed by atoms with Gasteiger partial charge in [0.05, 0.1) is 17.2 Å². The molecule has 1 N–H and O–H groups in total. The molecule has 0 aromatic carbocycles. The number of aromatic nitrogens is 1. The van der Waals surface area contributed by atoms with Crippen molar-refractivity contribution in [1.82, 2.24) is 15.2 Å². The molecule has 0 bridgehead atoms. The van der Waals surface area contributed by atoms with Gasteiger partial charge in [0.15, 0.2) is 9.84 Å². The lowest BCUT2D eigenvalue weighted by molar-refractivity contribution is 0.215. The molecule has 0 saturated carbocycles. The van der Waals surface area contributed by atoms with Gasteiger partial charge in [0.1, 0.15) is 0 Å². The molecule has 1 fully saturated rings. The predicted molar refractivity (Wildman–Crippen MR) is 80.1 cm³/mol. The highest BCUT2D eigenvalue weighted by atomic mass is 32.2. The molecule has 1 atom stereocenters. The van der Waals surface area contributed by atoms with Gasteiger partial charge in [0.2, 0.25) is 0 Å². The van der Waals surface area contributed by atoms with E-state index in [2.05, 4.69) is 28.2 Å². The Hall–Kier alpha value is -0.980. The first-order valence-corrected chi connectivity index (χ1v) is 8.91. The van der Waals surface area contributed by atoms with Gasteiger partial charge in [0, 0.05) is 31.9 Å². The van der Waals surface area contributed by atoms with Crippen molar-refractivity contribution in [3.63, 3.8) is 0 Å². The molecule has 1 aromatic heterocycles. The Labute approximate surface area is 121 Å². The number of hydrogen-bond acceptors (Lipinski definition) is 5. The van der Waals surface area contributed by atoms with Crippen molar-refractivity contribution in [3.8, 4) is 0 Å². The van der Waals surface area contributed by atoms with Crippen LogP contribution in [-0.4, -0.2) is 48.9 Å². The first kappa shape index (κ1) is 15.4. The minimum absolute atomic E-state index is 0.0667. The van der Waals surface area contributed by atoms with Crippen LogP contribution in [0.15, 0.2) is 18.3 Å². The van der Waals surface area contributed by atoms with E-state index >= 15 is 0 Å². The fourth-order valence-electron chi connectivity index (χ4n) is 2.40. The van der Waals surface area contributed by atoms with Gasteiger partial charge in [-0.1, -0.05) is 13.0 Å². The lowest BCUT2D eigenvalue weighted by atomic mass is 10.2. The maximum absolute atomic E-state index is 11.6. The Morgan fingerprint density at radius 3 is 2.85 bits per heavy atom. The summed E-state index contributed by atoms with van der Waals surface area (Å²) in [7, 11) is -2.84. The van der Waals surface area contributed by atoms with Crippen LogP contribution in [0, 0.1) is 0 Å². The molecule has 1 aliphatic heterocycles. The van der Waals surface area contributed by atoms with E-state index in [1.165, 1.54) is 5.56 Å². The van der Waals surface area contributed by atoms with Crippen molar-refractivity contribution < 1.29 is 8.42 Å². The maximum atomic E-state index is 11.6. The SMILES string of the molecule is CCNCc1ccc(CN2CCS(=O)(=O)CC2C)nc1. The summed E-state index contributed by atoms with van der Waals surface area (Å²) in [4.78, 5) is 6.65. The Balaban J connectivity index is 1.93. The fraction of sp³-hybridized carbons (Fsp3) is 0.643. The molecule has 2 rings (SSSR count). The summed E-state index contributed by atoms with van der Waals surface area (Å²) in [6, 6.07) is 4.18. The zero-order chi connectivity index (χ0) is 14.6. The van der Waals surface area contributed by atoms with E-state index in [1.54, 1.807) is 0 Å². The first-order valence-electron chi connectivity index (χ1n) is 7.09. The molecule has 1 aromatic rings. The molecule has 6 heteroatoms. The van der Waals surface area contributed by atoms with Crippen molar-refractivity contribution in [3.05, 3.63) is 29.6 Å². The molecular formula is C14H23N3O2S. The van der Waals surface area contributed by atoms with Crippen LogP contribution in [0.5, 0.6) is 0 Å². The Kier molecular flexibility index (Phi) is 5.12. The van der Waals surface area contributed by atoms with Crippen LogP contribution >= 0.6 is 0 Å². The molecule has 0 radical (unpaired) electrons. The molecule has 112 valence electrons. The fourth-order valence-corrected chi connectivity index (χ4v) is 4.02. The van der Waals surface area contributed by atoms with Crippen LogP contribution in [0.1, 0.15) is 25.1 Å². The van der Waals surface area contributed by atoms with Gasteiger partial charge in [-0.25, -0.2) is 8.42 Å². The van der Waals surface area contributed by atoms with Crippen LogP contribution in [0.3, 0.4) is 0 Å². The molecule has 20 heavy (non-hydrogen) atoms. The number of hydrogen-bond donors (Lipinski definition) is 1. The predicted octanol–water partition coefficient (Wildman–Crippen LogP) is 0.810. The van der Waals surface area contributed by atoms with E-state index < -0.39 is 9.84 Å². The Bertz CT molecular complexity index is 528. The van der Waals surface area contributed by atoms with Gasteiger partial charge in [-0.15, -0.1) is 0 Å². The van der Waals surface area contributed by atoms with E-state index in [4.69, 9.17) is 0 Å². The number of nitrogens with zero attached hydrogens (tertiary/aromatic N) is 2. The van der Waals surface area contributed by atoms with Gasteiger partial charge in [-0.3, -0.25) is 9.88 Å². The van der Waals surface area contributed by atoms with Crippen LogP contribution in [0.4, 0.5) is 0 Å². The number of sulfone groups is 1. The second kappa shape index (κ2) is 6.65. The maximum Gasteiger partial charge on any atom is 0.153 e. The zero-order valence-corrected chi connectivity index (χ0v) is 13.0. The lowest BCUT2D eigenvalue weighted by Crippen LogP contribution is -2.46. The van der Waals surface area contributed by atoms with Crippen LogP contribution < -0.4 is 5.32 Å². The quantitative estimate of drug-likeness (QED) is 0.871. The highest BCUT2D eigenvalue weighted by Crippen LogP contribution is 2.14. The molecule has 5 nitrogen and oxygen atoms in total. The highest BCUT2D eigenvalue weighted by molar-refractivity contribution is 7.91. The summed E-state index contributed by atoms with van der Waals surface area (Å²) in [6.45, 7) is 7.15. The average molecular weight is 297 g/mol. The monoisotopic (exact) mass is 297 g/mol. The minimum atomic E-state index is -2.84. The Morgan fingerprint density at radius 2 is 2.25 bits per heavy atom. The van der Waals surface area contributed by atoms with Gasteiger partial charge in [0.25, 0.3) is 0 Å². The Morgan fingerprint density at radius 1 is 1.45 bits per heavy atom. The molecule has 1 aliphatic rings. The molecular weight excluding hydrogens is 274 g/mol. The van der Waals surface area contributed by atoms with Crippen molar-refractivity contribution in [1.29, 1.82) is 0 Å². The largest absolute Gasteiger partial charge is 0.313 e. The average Bonchev–Trinajstić information content (AvgIpc) is 2.40. The number of pyridine rings is 1. The van der Waals surface area contributed by atoms with Gasteiger partial charge in [-0.05, 0) is 25.1 Å². The normalized spacial score (nSPS) is 22.8. The van der Waals surface area contributed by atoms with Crippen LogP contribution in [-0.2, 0) is 22.9 Å². The second-order valence-electron chi connectivity index (χ2n) is 5.37. The minimum Gasteiger partial charge on any atom is -0.313 e. The lowest BCUT2D eigenvalue weighted by Gasteiger charge is -2.32. The van der Waals surface area contributed by atoms with Gasteiger partial charge >= 0.3 is 0 Å². The summed E-state index contributed by atoms with van der Waals surface area (Å²) >= 11 is 0. The summed E-state index contributed by atoms with van der Waals surface area (Å²) in [5.74, 6) is 0.515. The van der Waals surface area contributed by atoms with E-state index in [0.717, 1.165) is 25.3 Å². The standard InChI is InChI=1S/C14H23N3O2S/c1-3-15-8-13-4-5-14(16-9-13)10-17-6-7-20(18,19)11-12(17)2/h4-5,9,12,15H,3,6-8,10-11H2,1-2H3. The molecule has 0 aliphatic carbocycles. The number of rotatable bonds is 5. The van der Waals surface area contributed by atoms with Crippen molar-refractivity contribution >= 4 is 9.84 Å². The second-order valence-corrected chi connectivity index (χ2v) is 7.60.